The normalized spacial score (nSPS) is 11.1. The van der Waals surface area contributed by atoms with Gasteiger partial charge in [0.1, 0.15) is 0 Å². The summed E-state index contributed by atoms with van der Waals surface area (Å²) in [7, 11) is 1.90. The average Bonchev–Trinajstić information content (AvgIpc) is 3.30. The molecule has 0 radical (unpaired) electrons. The first-order valence-electron chi connectivity index (χ1n) is 11.8. The Kier molecular flexibility index (Phi) is 8.20. The van der Waals surface area contributed by atoms with Crippen molar-refractivity contribution in [2.75, 3.05) is 7.11 Å². The predicted octanol–water partition coefficient (Wildman–Crippen LogP) is -0.0756. The van der Waals surface area contributed by atoms with Crippen molar-refractivity contribution < 1.29 is 45.1 Å². The van der Waals surface area contributed by atoms with Crippen LogP contribution in [0.4, 0.5) is 0 Å². The first-order chi connectivity index (χ1) is 16.8. The topological polar surface area (TPSA) is 9.23 Å². The molecule has 0 atom stereocenters. The molecule has 0 aromatic heterocycles. The molecule has 0 saturated carbocycles. The van der Waals surface area contributed by atoms with Crippen LogP contribution in [0, 0.1) is 0 Å². The van der Waals surface area contributed by atoms with E-state index in [9.17, 15) is 0 Å². The maximum absolute atomic E-state index is 6.73. The second-order valence-electron chi connectivity index (χ2n) is 8.83. The van der Waals surface area contributed by atoms with E-state index in [2.05, 4.69) is 127 Å². The van der Waals surface area contributed by atoms with Gasteiger partial charge in [0.2, 0.25) is 0 Å². The van der Waals surface area contributed by atoms with Crippen molar-refractivity contribution in [3.8, 4) is 22.3 Å². The molecule has 5 aromatic carbocycles. The largest absolute Gasteiger partial charge is 1.00 e. The van der Waals surface area contributed by atoms with Crippen molar-refractivity contribution in [2.45, 2.75) is 6.42 Å². The standard InChI is InChI=1S/C19H13.2C6H5.CH3O.2ClH.Ti/c1-2-7-14(8-3-1)16-11-6-12-18-17-10-5-4-9-15(17)13-19(16)18;2*1-2-4-6-5-3-1;1-2;;;/h1-7,9-12H,13H2;2*1-5H;1H3;2*1H;/q;;;-1;;;+3/p-2. The number of hydrogen-bond acceptors (Lipinski definition) is 1. The van der Waals surface area contributed by atoms with E-state index in [0.717, 1.165) is 6.42 Å². The minimum atomic E-state index is -3.44. The number of halogens is 2. The van der Waals surface area contributed by atoms with Gasteiger partial charge in [-0.1, -0.05) is 0 Å². The van der Waals surface area contributed by atoms with Gasteiger partial charge < -0.3 is 24.8 Å². The summed E-state index contributed by atoms with van der Waals surface area (Å²) in [6.07, 6.45) is 0.972. The third kappa shape index (κ3) is 4.26. The van der Waals surface area contributed by atoms with Crippen LogP contribution in [0.5, 0.6) is 0 Å². The Hall–Kier alpha value is -2.65. The number of fused-ring (bicyclic) bond motifs is 3. The van der Waals surface area contributed by atoms with E-state index in [1.54, 1.807) is 0 Å². The Morgan fingerprint density at radius 3 is 1.58 bits per heavy atom. The first kappa shape index (κ1) is 26.4. The van der Waals surface area contributed by atoms with E-state index in [1.807, 2.05) is 7.11 Å². The van der Waals surface area contributed by atoms with Gasteiger partial charge in [-0.3, -0.25) is 0 Å². The average molecular weight is 545 g/mol. The summed E-state index contributed by atoms with van der Waals surface area (Å²) in [4.78, 5) is 0. The fourth-order valence-electron chi connectivity index (χ4n) is 5.60. The van der Waals surface area contributed by atoms with E-state index in [0.29, 0.717) is 0 Å². The zero-order valence-electron chi connectivity index (χ0n) is 20.0. The summed E-state index contributed by atoms with van der Waals surface area (Å²) >= 11 is -3.44. The molecule has 1 aliphatic rings. The van der Waals surface area contributed by atoms with E-state index in [1.165, 1.54) is 45.0 Å². The SMILES string of the molecule is C[O][Ti+2]([c]1ccccc1)([c]1ccccc1)[c]1ccccc1-c1cccc2c1Cc1ccccc1-2.[Cl-].[Cl-]. The van der Waals surface area contributed by atoms with Gasteiger partial charge in [0.25, 0.3) is 0 Å². The van der Waals surface area contributed by atoms with Crippen LogP contribution >= 0.6 is 0 Å². The van der Waals surface area contributed by atoms with Crippen molar-refractivity contribution >= 4 is 11.6 Å². The molecule has 0 heterocycles. The van der Waals surface area contributed by atoms with Crippen LogP contribution in [0.15, 0.2) is 127 Å². The molecule has 1 nitrogen and oxygen atoms in total. The second kappa shape index (κ2) is 11.2. The number of rotatable bonds is 5. The molecular weight excluding hydrogens is 519 g/mol. The molecule has 0 aliphatic heterocycles. The maximum Gasteiger partial charge on any atom is -1.00 e. The zero-order valence-corrected chi connectivity index (χ0v) is 23.1. The third-order valence-corrected chi connectivity index (χ3v) is 13.5. The molecule has 0 bridgehead atoms. The van der Waals surface area contributed by atoms with Crippen molar-refractivity contribution in [3.05, 3.63) is 139 Å². The van der Waals surface area contributed by atoms with Crippen LogP contribution in [0.3, 0.4) is 0 Å². The van der Waals surface area contributed by atoms with Gasteiger partial charge in [-0.05, 0) is 0 Å². The quantitative estimate of drug-likeness (QED) is 0.276. The summed E-state index contributed by atoms with van der Waals surface area (Å²) in [5.74, 6) is 0. The number of benzene rings is 5. The Morgan fingerprint density at radius 1 is 0.500 bits per heavy atom. The van der Waals surface area contributed by atoms with E-state index >= 15 is 0 Å². The van der Waals surface area contributed by atoms with Crippen LogP contribution < -0.4 is 36.4 Å². The predicted molar refractivity (Wildman–Crippen MR) is 139 cm³/mol. The van der Waals surface area contributed by atoms with E-state index in [4.69, 9.17) is 3.32 Å². The molecule has 0 fully saturated rings. The summed E-state index contributed by atoms with van der Waals surface area (Å²) in [5, 5.41) is 0. The smallest absolute Gasteiger partial charge is 1.00 e. The fraction of sp³-hybridized carbons (Fsp3) is 0.0625. The van der Waals surface area contributed by atoms with Gasteiger partial charge in [0.05, 0.1) is 0 Å². The second-order valence-corrected chi connectivity index (χ2v) is 14.2. The molecule has 0 amide bonds. The van der Waals surface area contributed by atoms with Crippen LogP contribution in [0.2, 0.25) is 0 Å². The van der Waals surface area contributed by atoms with Gasteiger partial charge in [0.15, 0.2) is 0 Å². The summed E-state index contributed by atoms with van der Waals surface area (Å²) in [5.41, 5.74) is 8.17. The molecule has 0 spiro atoms. The Bertz CT molecular complexity index is 1430. The van der Waals surface area contributed by atoms with Crippen LogP contribution in [0.25, 0.3) is 22.3 Å². The van der Waals surface area contributed by atoms with E-state index in [-0.39, 0.29) is 24.8 Å². The van der Waals surface area contributed by atoms with Crippen LogP contribution in [-0.4, -0.2) is 7.11 Å². The summed E-state index contributed by atoms with van der Waals surface area (Å²) in [6.45, 7) is 0. The molecule has 4 heteroatoms. The summed E-state index contributed by atoms with van der Waals surface area (Å²) < 4.78 is 10.7. The fourth-order valence-corrected chi connectivity index (χ4v) is 11.7. The Morgan fingerprint density at radius 2 is 0.972 bits per heavy atom. The molecule has 36 heavy (non-hydrogen) atoms. The van der Waals surface area contributed by atoms with Crippen molar-refractivity contribution in [3.63, 3.8) is 0 Å². The maximum atomic E-state index is 6.73. The van der Waals surface area contributed by atoms with E-state index < -0.39 is 17.0 Å². The van der Waals surface area contributed by atoms with Crippen molar-refractivity contribution in [2.24, 2.45) is 0 Å². The monoisotopic (exact) mass is 544 g/mol. The van der Waals surface area contributed by atoms with Gasteiger partial charge in [0, 0.05) is 0 Å². The molecular formula is C32H26Cl2OTi. The van der Waals surface area contributed by atoms with Gasteiger partial charge in [-0.15, -0.1) is 0 Å². The molecule has 178 valence electrons. The number of hydrogen-bond donors (Lipinski definition) is 0. The van der Waals surface area contributed by atoms with Crippen molar-refractivity contribution in [1.29, 1.82) is 0 Å². The zero-order chi connectivity index (χ0) is 23.0. The van der Waals surface area contributed by atoms with Gasteiger partial charge in [-0.25, -0.2) is 0 Å². The minimum Gasteiger partial charge on any atom is -1.00 e. The molecule has 0 N–H and O–H groups in total. The Labute approximate surface area is 229 Å². The van der Waals surface area contributed by atoms with Gasteiger partial charge >= 0.3 is 206 Å². The molecule has 0 unspecified atom stereocenters. The summed E-state index contributed by atoms with van der Waals surface area (Å²) in [6, 6.07) is 46.2. The molecule has 6 rings (SSSR count). The Balaban J connectivity index is 0.00000152. The van der Waals surface area contributed by atoms with Crippen molar-refractivity contribution in [1.82, 2.24) is 0 Å². The molecule has 1 aliphatic carbocycles. The minimum absolute atomic E-state index is 0. The third-order valence-electron chi connectivity index (χ3n) is 7.11. The van der Waals surface area contributed by atoms with Crippen LogP contribution in [0.1, 0.15) is 11.1 Å². The van der Waals surface area contributed by atoms with Crippen LogP contribution in [-0.2, 0) is 26.7 Å². The van der Waals surface area contributed by atoms with Gasteiger partial charge in [-0.2, -0.15) is 0 Å². The first-order valence-corrected chi connectivity index (χ1v) is 14.8. The molecule has 5 aromatic rings. The molecule has 0 saturated heterocycles.